The lowest BCUT2D eigenvalue weighted by atomic mass is 9.98. The van der Waals surface area contributed by atoms with E-state index in [4.69, 9.17) is 0 Å². The molecule has 2 aromatic rings. The fourth-order valence-electron chi connectivity index (χ4n) is 4.03. The minimum atomic E-state index is -2.99. The van der Waals surface area contributed by atoms with Crippen molar-refractivity contribution in [2.45, 2.75) is 18.9 Å². The fourth-order valence-corrected chi connectivity index (χ4v) is 6.35. The number of carbonyl (C=O) groups is 1. The standard InChI is InChI=1S/C20H23FN2O3S2/c21-16-3-5-17(6-4-16)22-9-10-23(18(14-22)19-2-1-11-27-19)20(24)15-7-12-28(25,26)13-8-15/h1-6,11,15,18H,7-10,12-14H2. The first kappa shape index (κ1) is 19.4. The van der Waals surface area contributed by atoms with Crippen molar-refractivity contribution in [3.63, 3.8) is 0 Å². The smallest absolute Gasteiger partial charge is 0.226 e. The van der Waals surface area contributed by atoms with E-state index in [0.29, 0.717) is 32.5 Å². The second-order valence-electron chi connectivity index (χ2n) is 7.41. The Hall–Kier alpha value is -1.93. The Morgan fingerprint density at radius 3 is 2.43 bits per heavy atom. The average Bonchev–Trinajstić information content (AvgIpc) is 3.22. The number of carbonyl (C=O) groups excluding carboxylic acids is 1. The Kier molecular flexibility index (Phi) is 5.42. The third-order valence-electron chi connectivity index (χ3n) is 5.63. The van der Waals surface area contributed by atoms with E-state index in [-0.39, 0.29) is 35.2 Å². The Morgan fingerprint density at radius 1 is 1.07 bits per heavy atom. The molecule has 0 radical (unpaired) electrons. The number of nitrogens with zero attached hydrogens (tertiary/aromatic N) is 2. The van der Waals surface area contributed by atoms with Crippen LogP contribution in [0.15, 0.2) is 41.8 Å². The van der Waals surface area contributed by atoms with Crippen molar-refractivity contribution in [3.05, 3.63) is 52.5 Å². The number of sulfone groups is 1. The lowest BCUT2D eigenvalue weighted by Gasteiger charge is -2.43. The molecular weight excluding hydrogens is 399 g/mol. The van der Waals surface area contributed by atoms with Crippen LogP contribution >= 0.6 is 11.3 Å². The molecule has 5 nitrogen and oxygen atoms in total. The predicted octanol–water partition coefficient (Wildman–Crippen LogP) is 3.10. The van der Waals surface area contributed by atoms with Crippen LogP contribution in [0.5, 0.6) is 0 Å². The fraction of sp³-hybridized carbons (Fsp3) is 0.450. The van der Waals surface area contributed by atoms with Gasteiger partial charge in [-0.2, -0.15) is 0 Å². The van der Waals surface area contributed by atoms with Crippen molar-refractivity contribution in [3.8, 4) is 0 Å². The van der Waals surface area contributed by atoms with Gasteiger partial charge in [-0.3, -0.25) is 4.79 Å². The highest BCUT2D eigenvalue weighted by molar-refractivity contribution is 7.91. The normalized spacial score (nSPS) is 23.0. The molecule has 0 saturated carbocycles. The van der Waals surface area contributed by atoms with Gasteiger partial charge in [-0.05, 0) is 48.6 Å². The Balaban J connectivity index is 1.54. The molecular formula is C20H23FN2O3S2. The van der Waals surface area contributed by atoms with Gasteiger partial charge in [0.25, 0.3) is 0 Å². The van der Waals surface area contributed by atoms with Gasteiger partial charge in [-0.25, -0.2) is 12.8 Å². The molecule has 1 atom stereocenters. The zero-order chi connectivity index (χ0) is 19.7. The van der Waals surface area contributed by atoms with Gasteiger partial charge in [0.1, 0.15) is 15.7 Å². The summed E-state index contributed by atoms with van der Waals surface area (Å²) in [5.41, 5.74) is 0.943. The minimum Gasteiger partial charge on any atom is -0.367 e. The molecule has 0 bridgehead atoms. The maximum atomic E-state index is 13.3. The third-order valence-corrected chi connectivity index (χ3v) is 8.32. The van der Waals surface area contributed by atoms with Gasteiger partial charge in [0.2, 0.25) is 5.91 Å². The van der Waals surface area contributed by atoms with Crippen molar-refractivity contribution < 1.29 is 17.6 Å². The van der Waals surface area contributed by atoms with Gasteiger partial charge in [-0.15, -0.1) is 11.3 Å². The monoisotopic (exact) mass is 422 g/mol. The molecule has 1 unspecified atom stereocenters. The predicted molar refractivity (Wildman–Crippen MR) is 109 cm³/mol. The molecule has 8 heteroatoms. The second kappa shape index (κ2) is 7.83. The largest absolute Gasteiger partial charge is 0.367 e. The Labute approximate surface area is 168 Å². The number of hydrogen-bond acceptors (Lipinski definition) is 5. The first-order valence-electron chi connectivity index (χ1n) is 9.48. The summed E-state index contributed by atoms with van der Waals surface area (Å²) < 4.78 is 36.7. The summed E-state index contributed by atoms with van der Waals surface area (Å²) in [6, 6.07) is 10.4. The van der Waals surface area contributed by atoms with E-state index in [1.54, 1.807) is 23.5 Å². The second-order valence-corrected chi connectivity index (χ2v) is 10.7. The molecule has 0 spiro atoms. The number of benzene rings is 1. The van der Waals surface area contributed by atoms with Crippen molar-refractivity contribution >= 4 is 32.8 Å². The number of thiophene rings is 1. The van der Waals surface area contributed by atoms with Crippen molar-refractivity contribution in [2.75, 3.05) is 36.0 Å². The van der Waals surface area contributed by atoms with Crippen molar-refractivity contribution in [1.82, 2.24) is 4.90 Å². The van der Waals surface area contributed by atoms with Crippen LogP contribution < -0.4 is 4.90 Å². The van der Waals surface area contributed by atoms with Crippen LogP contribution in [0.4, 0.5) is 10.1 Å². The van der Waals surface area contributed by atoms with Crippen molar-refractivity contribution in [1.29, 1.82) is 0 Å². The number of hydrogen-bond donors (Lipinski definition) is 0. The zero-order valence-electron chi connectivity index (χ0n) is 15.5. The Morgan fingerprint density at radius 2 is 1.79 bits per heavy atom. The number of amides is 1. The zero-order valence-corrected chi connectivity index (χ0v) is 17.1. The van der Waals surface area contributed by atoms with Gasteiger partial charge in [0, 0.05) is 36.1 Å². The van der Waals surface area contributed by atoms with Gasteiger partial charge >= 0.3 is 0 Å². The summed E-state index contributed by atoms with van der Waals surface area (Å²) in [6.07, 6.45) is 0.826. The molecule has 0 N–H and O–H groups in total. The summed E-state index contributed by atoms with van der Waals surface area (Å²) in [7, 11) is -2.99. The maximum absolute atomic E-state index is 13.3. The molecule has 28 heavy (non-hydrogen) atoms. The molecule has 1 aromatic carbocycles. The van der Waals surface area contributed by atoms with E-state index >= 15 is 0 Å². The van der Waals surface area contributed by atoms with Gasteiger partial charge < -0.3 is 9.80 Å². The summed E-state index contributed by atoms with van der Waals surface area (Å²) in [4.78, 5) is 18.4. The summed E-state index contributed by atoms with van der Waals surface area (Å²) in [5, 5.41) is 2.00. The van der Waals surface area contributed by atoms with Gasteiger partial charge in [0.15, 0.2) is 0 Å². The molecule has 2 aliphatic heterocycles. The van der Waals surface area contributed by atoms with Crippen LogP contribution in [-0.4, -0.2) is 50.4 Å². The highest BCUT2D eigenvalue weighted by Gasteiger charge is 2.37. The topological polar surface area (TPSA) is 57.7 Å². The van der Waals surface area contributed by atoms with Gasteiger partial charge in [-0.1, -0.05) is 6.07 Å². The molecule has 150 valence electrons. The quantitative estimate of drug-likeness (QED) is 0.763. The number of anilines is 1. The maximum Gasteiger partial charge on any atom is 0.226 e. The molecule has 0 aliphatic carbocycles. The van der Waals surface area contributed by atoms with E-state index in [9.17, 15) is 17.6 Å². The van der Waals surface area contributed by atoms with Crippen LogP contribution in [0.3, 0.4) is 0 Å². The lowest BCUT2D eigenvalue weighted by Crippen LogP contribution is -2.52. The van der Waals surface area contributed by atoms with Crippen LogP contribution in [0, 0.1) is 11.7 Å². The summed E-state index contributed by atoms with van der Waals surface area (Å²) in [5.74, 6) is -0.222. The SMILES string of the molecule is O=C(C1CCS(=O)(=O)CC1)N1CCN(c2ccc(F)cc2)CC1c1cccs1. The average molecular weight is 423 g/mol. The molecule has 1 aromatic heterocycles. The summed E-state index contributed by atoms with van der Waals surface area (Å²) >= 11 is 1.62. The molecule has 2 fully saturated rings. The Bertz CT molecular complexity index is 915. The van der Waals surface area contributed by atoms with Crippen LogP contribution in [-0.2, 0) is 14.6 Å². The molecule has 3 heterocycles. The summed E-state index contributed by atoms with van der Waals surface area (Å²) in [6.45, 7) is 1.88. The molecule has 1 amide bonds. The van der Waals surface area contributed by atoms with Gasteiger partial charge in [0.05, 0.1) is 17.5 Å². The molecule has 4 rings (SSSR count). The van der Waals surface area contributed by atoms with E-state index in [2.05, 4.69) is 4.90 Å². The number of piperazine rings is 1. The highest BCUT2D eigenvalue weighted by atomic mass is 32.2. The number of rotatable bonds is 3. The van der Waals surface area contributed by atoms with Crippen molar-refractivity contribution in [2.24, 2.45) is 5.92 Å². The van der Waals surface area contributed by atoms with E-state index < -0.39 is 9.84 Å². The van der Waals surface area contributed by atoms with Crippen LogP contribution in [0.2, 0.25) is 0 Å². The third kappa shape index (κ3) is 4.07. The first-order valence-corrected chi connectivity index (χ1v) is 12.2. The first-order chi connectivity index (χ1) is 13.4. The van der Waals surface area contributed by atoms with E-state index in [1.807, 2.05) is 22.4 Å². The van der Waals surface area contributed by atoms with E-state index in [1.165, 1.54) is 12.1 Å². The molecule has 2 saturated heterocycles. The number of halogens is 1. The van der Waals surface area contributed by atoms with Crippen LogP contribution in [0.25, 0.3) is 0 Å². The van der Waals surface area contributed by atoms with Crippen LogP contribution in [0.1, 0.15) is 23.8 Å². The van der Waals surface area contributed by atoms with E-state index in [0.717, 1.165) is 10.6 Å². The lowest BCUT2D eigenvalue weighted by molar-refractivity contribution is -0.138. The highest BCUT2D eigenvalue weighted by Crippen LogP contribution is 2.34. The molecule has 2 aliphatic rings. The minimum absolute atomic E-state index is 0.0621.